The smallest absolute Gasteiger partial charge is 0.406 e. The molecule has 1 fully saturated rings. The van der Waals surface area contributed by atoms with Gasteiger partial charge in [0.1, 0.15) is 5.75 Å². The fourth-order valence-electron chi connectivity index (χ4n) is 2.00. The van der Waals surface area contributed by atoms with Gasteiger partial charge in [0.2, 0.25) is 5.91 Å². The second-order valence-electron chi connectivity index (χ2n) is 5.52. The molecule has 1 aromatic rings. The van der Waals surface area contributed by atoms with Crippen molar-refractivity contribution in [3.05, 3.63) is 29.8 Å². The number of ether oxygens (including phenoxy) is 1. The predicted molar refractivity (Wildman–Crippen MR) is 75.2 cm³/mol. The lowest BCUT2D eigenvalue weighted by Gasteiger charge is -2.18. The fourth-order valence-corrected chi connectivity index (χ4v) is 2.00. The molecule has 1 aliphatic rings. The summed E-state index contributed by atoms with van der Waals surface area (Å²) in [5.74, 6) is 0.395. The van der Waals surface area contributed by atoms with Crippen molar-refractivity contribution >= 4 is 5.91 Å². The Labute approximate surface area is 127 Å². The van der Waals surface area contributed by atoms with Crippen LogP contribution >= 0.6 is 0 Å². The van der Waals surface area contributed by atoms with Crippen molar-refractivity contribution in [2.24, 2.45) is 5.92 Å². The van der Waals surface area contributed by atoms with Gasteiger partial charge in [0, 0.05) is 13.6 Å². The second kappa shape index (κ2) is 7.00. The van der Waals surface area contributed by atoms with Crippen molar-refractivity contribution < 1.29 is 22.7 Å². The Hall–Kier alpha value is -1.76. The molecule has 1 aromatic carbocycles. The Morgan fingerprint density at radius 1 is 1.32 bits per heavy atom. The molecule has 7 heteroatoms. The van der Waals surface area contributed by atoms with Crippen LogP contribution in [0.5, 0.6) is 5.75 Å². The molecular weight excluding hydrogens is 297 g/mol. The van der Waals surface area contributed by atoms with E-state index in [-0.39, 0.29) is 18.2 Å². The van der Waals surface area contributed by atoms with Gasteiger partial charge in [0.05, 0.1) is 6.54 Å². The van der Waals surface area contributed by atoms with Crippen LogP contribution < -0.4 is 10.1 Å². The average Bonchev–Trinajstić information content (AvgIpc) is 3.23. The highest BCUT2D eigenvalue weighted by Gasteiger charge is 2.31. The molecule has 4 nitrogen and oxygen atoms in total. The van der Waals surface area contributed by atoms with Crippen molar-refractivity contribution in [3.8, 4) is 5.75 Å². The predicted octanol–water partition coefficient (Wildman–Crippen LogP) is 2.54. The number of nitrogens with one attached hydrogen (secondary N) is 1. The first-order valence-corrected chi connectivity index (χ1v) is 7.13. The van der Waals surface area contributed by atoms with E-state index >= 15 is 0 Å². The number of carbonyl (C=O) groups is 1. The number of nitrogens with zero attached hydrogens (tertiary/aromatic N) is 1. The highest BCUT2D eigenvalue weighted by molar-refractivity contribution is 5.77. The van der Waals surface area contributed by atoms with E-state index in [1.165, 1.54) is 37.1 Å². The molecule has 0 aliphatic heterocycles. The van der Waals surface area contributed by atoms with Gasteiger partial charge in [-0.15, -0.1) is 13.2 Å². The van der Waals surface area contributed by atoms with Crippen LogP contribution in [0.2, 0.25) is 0 Å². The van der Waals surface area contributed by atoms with E-state index in [1.807, 2.05) is 0 Å². The van der Waals surface area contributed by atoms with Gasteiger partial charge in [-0.05, 0) is 43.0 Å². The zero-order chi connectivity index (χ0) is 16.2. The monoisotopic (exact) mass is 316 g/mol. The van der Waals surface area contributed by atoms with Gasteiger partial charge in [-0.1, -0.05) is 12.1 Å². The average molecular weight is 316 g/mol. The summed E-state index contributed by atoms with van der Waals surface area (Å²) in [4.78, 5) is 13.4. The van der Waals surface area contributed by atoms with E-state index in [0.29, 0.717) is 12.5 Å². The maximum atomic E-state index is 12.1. The number of likely N-dealkylation sites (N-methyl/N-ethyl adjacent to an activating group) is 1. The summed E-state index contributed by atoms with van der Waals surface area (Å²) in [6.45, 7) is 1.49. The minimum absolute atomic E-state index is 0.0451. The van der Waals surface area contributed by atoms with Gasteiger partial charge >= 0.3 is 6.36 Å². The molecule has 22 heavy (non-hydrogen) atoms. The standard InChI is InChI=1S/C15H19F3N2O2/c1-20(14(21)9-19-8-11-2-3-11)10-12-4-6-13(7-5-12)22-15(16,17)18/h4-7,11,19H,2-3,8-10H2,1H3. The molecule has 0 aromatic heterocycles. The molecular formula is C15H19F3N2O2. The lowest BCUT2D eigenvalue weighted by atomic mass is 10.2. The zero-order valence-electron chi connectivity index (χ0n) is 12.3. The van der Waals surface area contributed by atoms with Gasteiger partial charge in [-0.25, -0.2) is 0 Å². The largest absolute Gasteiger partial charge is 0.573 e. The summed E-state index contributed by atoms with van der Waals surface area (Å²) in [7, 11) is 1.67. The molecule has 2 rings (SSSR count). The lowest BCUT2D eigenvalue weighted by Crippen LogP contribution is -2.35. The number of alkyl halides is 3. The molecule has 0 spiro atoms. The van der Waals surface area contributed by atoms with Gasteiger partial charge < -0.3 is 15.0 Å². The van der Waals surface area contributed by atoms with Gasteiger partial charge in [-0.2, -0.15) is 0 Å². The minimum Gasteiger partial charge on any atom is -0.406 e. The zero-order valence-corrected chi connectivity index (χ0v) is 12.3. The quantitative estimate of drug-likeness (QED) is 0.840. The highest BCUT2D eigenvalue weighted by atomic mass is 19.4. The van der Waals surface area contributed by atoms with E-state index in [4.69, 9.17) is 0 Å². The lowest BCUT2D eigenvalue weighted by molar-refractivity contribution is -0.274. The van der Waals surface area contributed by atoms with E-state index in [1.54, 1.807) is 11.9 Å². The number of carbonyl (C=O) groups excluding carboxylic acids is 1. The summed E-state index contributed by atoms with van der Waals surface area (Å²) < 4.78 is 40.0. The van der Waals surface area contributed by atoms with Crippen molar-refractivity contribution in [3.63, 3.8) is 0 Å². The number of hydrogen-bond donors (Lipinski definition) is 1. The third-order valence-corrected chi connectivity index (χ3v) is 3.41. The van der Waals surface area contributed by atoms with Crippen LogP contribution in [0, 0.1) is 5.92 Å². The number of amides is 1. The SMILES string of the molecule is CN(Cc1ccc(OC(F)(F)F)cc1)C(=O)CNCC1CC1. The van der Waals surface area contributed by atoms with E-state index in [9.17, 15) is 18.0 Å². The molecule has 1 saturated carbocycles. The van der Waals surface area contributed by atoms with Crippen molar-refractivity contribution in [2.75, 3.05) is 20.1 Å². The van der Waals surface area contributed by atoms with Crippen molar-refractivity contribution in [2.45, 2.75) is 25.7 Å². The molecule has 0 unspecified atom stereocenters. The van der Waals surface area contributed by atoms with Crippen LogP contribution in [0.4, 0.5) is 13.2 Å². The normalized spacial score (nSPS) is 14.7. The number of rotatable bonds is 7. The summed E-state index contributed by atoms with van der Waals surface area (Å²) in [5, 5.41) is 3.11. The third kappa shape index (κ3) is 5.93. The fraction of sp³-hybridized carbons (Fsp3) is 0.533. The van der Waals surface area contributed by atoms with Crippen LogP contribution in [0.25, 0.3) is 0 Å². The van der Waals surface area contributed by atoms with Gasteiger partial charge in [0.25, 0.3) is 0 Å². The highest BCUT2D eigenvalue weighted by Crippen LogP contribution is 2.27. The molecule has 1 amide bonds. The number of benzene rings is 1. The summed E-state index contributed by atoms with van der Waals surface area (Å²) in [5.41, 5.74) is 0.743. The van der Waals surface area contributed by atoms with Crippen LogP contribution in [-0.2, 0) is 11.3 Å². The van der Waals surface area contributed by atoms with Gasteiger partial charge in [-0.3, -0.25) is 4.79 Å². The molecule has 0 atom stereocenters. The molecule has 0 radical (unpaired) electrons. The summed E-state index contributed by atoms with van der Waals surface area (Å²) in [6, 6.07) is 5.52. The molecule has 122 valence electrons. The third-order valence-electron chi connectivity index (χ3n) is 3.41. The molecule has 1 N–H and O–H groups in total. The Morgan fingerprint density at radius 3 is 2.50 bits per heavy atom. The van der Waals surface area contributed by atoms with Gasteiger partial charge in [0.15, 0.2) is 0 Å². The molecule has 1 aliphatic carbocycles. The second-order valence-corrected chi connectivity index (χ2v) is 5.52. The summed E-state index contributed by atoms with van der Waals surface area (Å²) in [6.07, 6.45) is -2.24. The molecule has 0 heterocycles. The number of halogens is 3. The van der Waals surface area contributed by atoms with Crippen LogP contribution in [0.15, 0.2) is 24.3 Å². The van der Waals surface area contributed by atoms with Crippen LogP contribution in [0.1, 0.15) is 18.4 Å². The minimum atomic E-state index is -4.69. The topological polar surface area (TPSA) is 41.6 Å². The van der Waals surface area contributed by atoms with E-state index in [0.717, 1.165) is 12.1 Å². The molecule has 0 bridgehead atoms. The first-order valence-electron chi connectivity index (χ1n) is 7.13. The maximum Gasteiger partial charge on any atom is 0.573 e. The maximum absolute atomic E-state index is 12.1. The molecule has 0 saturated heterocycles. The van der Waals surface area contributed by atoms with Crippen LogP contribution in [0.3, 0.4) is 0 Å². The van der Waals surface area contributed by atoms with E-state index < -0.39 is 6.36 Å². The Balaban J connectivity index is 1.77. The van der Waals surface area contributed by atoms with Crippen molar-refractivity contribution in [1.82, 2.24) is 10.2 Å². The Kier molecular flexibility index (Phi) is 5.28. The number of hydrogen-bond acceptors (Lipinski definition) is 3. The Morgan fingerprint density at radius 2 is 1.95 bits per heavy atom. The van der Waals surface area contributed by atoms with E-state index in [2.05, 4.69) is 10.1 Å². The Bertz CT molecular complexity index is 499. The first kappa shape index (κ1) is 16.6. The summed E-state index contributed by atoms with van der Waals surface area (Å²) >= 11 is 0. The first-order chi connectivity index (χ1) is 10.3. The van der Waals surface area contributed by atoms with Crippen LogP contribution in [-0.4, -0.2) is 37.3 Å². The van der Waals surface area contributed by atoms with Crippen molar-refractivity contribution in [1.29, 1.82) is 0 Å².